The topological polar surface area (TPSA) is 58.6 Å². The van der Waals surface area contributed by atoms with E-state index in [1.165, 1.54) is 0 Å². The lowest BCUT2D eigenvalue weighted by Gasteiger charge is -2.34. The molecule has 1 aromatic rings. The van der Waals surface area contributed by atoms with Gasteiger partial charge in [-0.05, 0) is 37.1 Å². The lowest BCUT2D eigenvalue weighted by Crippen LogP contribution is -2.58. The van der Waals surface area contributed by atoms with Crippen LogP contribution in [0.5, 0.6) is 5.75 Å². The zero-order valence-electron chi connectivity index (χ0n) is 11.9. The van der Waals surface area contributed by atoms with Crippen molar-refractivity contribution >= 4 is 17.5 Å². The minimum atomic E-state index is -0.432. The highest BCUT2D eigenvalue weighted by atomic mass is 16.5. The summed E-state index contributed by atoms with van der Waals surface area (Å²) < 4.78 is 5.52. The highest BCUT2D eigenvalue weighted by Crippen LogP contribution is 2.24. The SMILES string of the molecule is CCCOc1ccc(N2C(=O)CNC(=O)C2CC)cc1. The zero-order chi connectivity index (χ0) is 14.5. The highest BCUT2D eigenvalue weighted by molar-refractivity contribution is 6.06. The molecule has 2 amide bonds. The van der Waals surface area contributed by atoms with Crippen molar-refractivity contribution in [3.8, 4) is 5.75 Å². The first-order valence-corrected chi connectivity index (χ1v) is 7.00. The maximum Gasteiger partial charge on any atom is 0.247 e. The van der Waals surface area contributed by atoms with Crippen LogP contribution in [0.15, 0.2) is 24.3 Å². The molecule has 1 N–H and O–H groups in total. The average Bonchev–Trinajstić information content (AvgIpc) is 2.48. The summed E-state index contributed by atoms with van der Waals surface area (Å²) in [5.74, 6) is 0.592. The molecule has 0 bridgehead atoms. The summed E-state index contributed by atoms with van der Waals surface area (Å²) in [6, 6.07) is 6.88. The van der Waals surface area contributed by atoms with Crippen LogP contribution in [-0.2, 0) is 9.59 Å². The van der Waals surface area contributed by atoms with Gasteiger partial charge in [0.05, 0.1) is 13.2 Å². The summed E-state index contributed by atoms with van der Waals surface area (Å²) in [5, 5.41) is 2.62. The molecule has 2 rings (SSSR count). The number of benzene rings is 1. The van der Waals surface area contributed by atoms with Crippen molar-refractivity contribution in [3.05, 3.63) is 24.3 Å². The molecule has 0 aliphatic carbocycles. The first-order chi connectivity index (χ1) is 9.67. The highest BCUT2D eigenvalue weighted by Gasteiger charge is 2.33. The number of anilines is 1. The molecule has 1 aliphatic rings. The predicted molar refractivity (Wildman–Crippen MR) is 76.8 cm³/mol. The molecule has 1 unspecified atom stereocenters. The Balaban J connectivity index is 2.19. The molecule has 1 heterocycles. The van der Waals surface area contributed by atoms with Crippen molar-refractivity contribution in [2.75, 3.05) is 18.1 Å². The number of nitrogens with zero attached hydrogens (tertiary/aromatic N) is 1. The molecule has 0 aromatic heterocycles. The van der Waals surface area contributed by atoms with E-state index in [1.54, 1.807) is 4.90 Å². The number of carbonyl (C=O) groups excluding carboxylic acids is 2. The number of piperazine rings is 1. The van der Waals surface area contributed by atoms with Crippen molar-refractivity contribution < 1.29 is 14.3 Å². The standard InChI is InChI=1S/C15H20N2O3/c1-3-9-20-12-7-5-11(6-8-12)17-13(4-2)15(19)16-10-14(17)18/h5-8,13H,3-4,9-10H2,1-2H3,(H,16,19). The van der Waals surface area contributed by atoms with E-state index in [9.17, 15) is 9.59 Å². The molecule has 0 spiro atoms. The average molecular weight is 276 g/mol. The second-order valence-electron chi connectivity index (χ2n) is 4.75. The first-order valence-electron chi connectivity index (χ1n) is 7.00. The number of nitrogens with one attached hydrogen (secondary N) is 1. The molecule has 1 aliphatic heterocycles. The fourth-order valence-electron chi connectivity index (χ4n) is 2.27. The van der Waals surface area contributed by atoms with E-state index in [1.807, 2.05) is 38.1 Å². The van der Waals surface area contributed by atoms with Gasteiger partial charge in [-0.25, -0.2) is 0 Å². The largest absolute Gasteiger partial charge is 0.494 e. The van der Waals surface area contributed by atoms with E-state index < -0.39 is 6.04 Å². The number of hydrogen-bond acceptors (Lipinski definition) is 3. The molecular weight excluding hydrogens is 256 g/mol. The van der Waals surface area contributed by atoms with E-state index in [2.05, 4.69) is 5.32 Å². The Bertz CT molecular complexity index is 484. The molecule has 0 radical (unpaired) electrons. The van der Waals surface area contributed by atoms with Gasteiger partial charge in [-0.15, -0.1) is 0 Å². The number of amides is 2. The summed E-state index contributed by atoms with van der Waals surface area (Å²) in [4.78, 5) is 25.5. The van der Waals surface area contributed by atoms with Gasteiger partial charge in [-0.2, -0.15) is 0 Å². The van der Waals surface area contributed by atoms with Gasteiger partial charge in [0.15, 0.2) is 0 Å². The van der Waals surface area contributed by atoms with Gasteiger partial charge in [0.25, 0.3) is 0 Å². The van der Waals surface area contributed by atoms with Crippen LogP contribution in [0.25, 0.3) is 0 Å². The summed E-state index contributed by atoms with van der Waals surface area (Å²) >= 11 is 0. The molecule has 20 heavy (non-hydrogen) atoms. The van der Waals surface area contributed by atoms with Gasteiger partial charge in [0.1, 0.15) is 11.8 Å². The van der Waals surface area contributed by atoms with Crippen molar-refractivity contribution in [2.45, 2.75) is 32.7 Å². The molecule has 0 saturated carbocycles. The molecule has 108 valence electrons. The Morgan fingerprint density at radius 2 is 1.95 bits per heavy atom. The number of ether oxygens (including phenoxy) is 1. The van der Waals surface area contributed by atoms with Gasteiger partial charge >= 0.3 is 0 Å². The zero-order valence-corrected chi connectivity index (χ0v) is 11.9. The van der Waals surface area contributed by atoms with E-state index in [4.69, 9.17) is 4.74 Å². The van der Waals surface area contributed by atoms with Crippen LogP contribution in [0.4, 0.5) is 5.69 Å². The molecule has 5 heteroatoms. The van der Waals surface area contributed by atoms with Gasteiger partial charge in [-0.3, -0.25) is 14.5 Å². The van der Waals surface area contributed by atoms with E-state index in [0.717, 1.165) is 17.9 Å². The summed E-state index contributed by atoms with van der Waals surface area (Å²) in [7, 11) is 0. The third kappa shape index (κ3) is 2.92. The third-order valence-corrected chi connectivity index (χ3v) is 3.27. The summed E-state index contributed by atoms with van der Waals surface area (Å²) in [6.45, 7) is 4.67. The van der Waals surface area contributed by atoms with Crippen LogP contribution in [0.1, 0.15) is 26.7 Å². The lowest BCUT2D eigenvalue weighted by atomic mass is 10.1. The van der Waals surface area contributed by atoms with Crippen molar-refractivity contribution in [1.82, 2.24) is 5.32 Å². The second-order valence-corrected chi connectivity index (χ2v) is 4.75. The van der Waals surface area contributed by atoms with Crippen LogP contribution >= 0.6 is 0 Å². The first kappa shape index (κ1) is 14.4. The van der Waals surface area contributed by atoms with E-state index in [-0.39, 0.29) is 18.4 Å². The summed E-state index contributed by atoms with van der Waals surface area (Å²) in [6.07, 6.45) is 1.54. The van der Waals surface area contributed by atoms with E-state index in [0.29, 0.717) is 13.0 Å². The van der Waals surface area contributed by atoms with Crippen molar-refractivity contribution in [3.63, 3.8) is 0 Å². The van der Waals surface area contributed by atoms with Crippen LogP contribution < -0.4 is 15.0 Å². The molecule has 1 fully saturated rings. The second kappa shape index (κ2) is 6.41. The minimum Gasteiger partial charge on any atom is -0.494 e. The quantitative estimate of drug-likeness (QED) is 0.890. The maximum absolute atomic E-state index is 12.0. The van der Waals surface area contributed by atoms with Crippen LogP contribution in [0.3, 0.4) is 0 Å². The number of hydrogen-bond donors (Lipinski definition) is 1. The lowest BCUT2D eigenvalue weighted by molar-refractivity contribution is -0.131. The Labute approximate surface area is 118 Å². The molecular formula is C15H20N2O3. The smallest absolute Gasteiger partial charge is 0.247 e. The van der Waals surface area contributed by atoms with Crippen LogP contribution in [0.2, 0.25) is 0 Å². The summed E-state index contributed by atoms with van der Waals surface area (Å²) in [5.41, 5.74) is 0.737. The van der Waals surface area contributed by atoms with E-state index >= 15 is 0 Å². The Morgan fingerprint density at radius 1 is 1.25 bits per heavy atom. The van der Waals surface area contributed by atoms with Gasteiger partial charge in [0, 0.05) is 5.69 Å². The van der Waals surface area contributed by atoms with Crippen LogP contribution in [0, 0.1) is 0 Å². The van der Waals surface area contributed by atoms with Gasteiger partial charge < -0.3 is 10.1 Å². The van der Waals surface area contributed by atoms with Crippen molar-refractivity contribution in [2.24, 2.45) is 0 Å². The van der Waals surface area contributed by atoms with Gasteiger partial charge in [0.2, 0.25) is 11.8 Å². The Morgan fingerprint density at radius 3 is 2.55 bits per heavy atom. The minimum absolute atomic E-state index is 0.0589. The number of rotatable bonds is 5. The van der Waals surface area contributed by atoms with Crippen molar-refractivity contribution in [1.29, 1.82) is 0 Å². The molecule has 1 aromatic carbocycles. The monoisotopic (exact) mass is 276 g/mol. The third-order valence-electron chi connectivity index (χ3n) is 3.27. The fourth-order valence-corrected chi connectivity index (χ4v) is 2.27. The fraction of sp³-hybridized carbons (Fsp3) is 0.467. The number of carbonyl (C=O) groups is 2. The Hall–Kier alpha value is -2.04. The molecule has 1 atom stereocenters. The molecule has 5 nitrogen and oxygen atoms in total. The molecule has 1 saturated heterocycles. The normalized spacial score (nSPS) is 18.9. The van der Waals surface area contributed by atoms with Crippen LogP contribution in [-0.4, -0.2) is 31.0 Å². The van der Waals surface area contributed by atoms with Gasteiger partial charge in [-0.1, -0.05) is 13.8 Å². The maximum atomic E-state index is 12.0. The Kier molecular flexibility index (Phi) is 4.61. The predicted octanol–water partition coefficient (Wildman–Crippen LogP) is 1.72.